The van der Waals surface area contributed by atoms with Crippen LogP contribution in [0.2, 0.25) is 58.9 Å². The number of carbonyl (C=O) groups excluding carboxylic acids is 1. The fourth-order valence-electron chi connectivity index (χ4n) is 4.48. The van der Waals surface area contributed by atoms with Gasteiger partial charge in [-0.1, -0.05) is 44.9 Å². The van der Waals surface area contributed by atoms with Gasteiger partial charge in [-0.2, -0.15) is 0 Å². The Kier molecular flexibility index (Phi) is 19.5. The van der Waals surface area contributed by atoms with Crippen molar-refractivity contribution in [1.82, 2.24) is 0 Å². The Hall–Kier alpha value is -0.392. The summed E-state index contributed by atoms with van der Waals surface area (Å²) >= 11 is 0. The van der Waals surface area contributed by atoms with E-state index in [9.17, 15) is 9.59 Å². The first-order chi connectivity index (χ1) is 18.3. The van der Waals surface area contributed by atoms with Gasteiger partial charge < -0.3 is 31.4 Å². The van der Waals surface area contributed by atoms with E-state index >= 15 is 0 Å². The van der Waals surface area contributed by atoms with Crippen LogP contribution in [0.1, 0.15) is 77.6 Å². The van der Waals surface area contributed by atoms with Crippen LogP contribution in [0.3, 0.4) is 0 Å². The molecule has 0 rings (SSSR count). The number of carboxylic acid groups (broad SMARTS) is 1. The van der Waals surface area contributed by atoms with Crippen molar-refractivity contribution in [3.63, 3.8) is 0 Å². The molecule has 0 aliphatic heterocycles. The van der Waals surface area contributed by atoms with E-state index in [0.29, 0.717) is 26.2 Å². The molecule has 0 saturated heterocycles. The molecule has 0 saturated carbocycles. The minimum atomic E-state index is -2.93. The second kappa shape index (κ2) is 19.7. The largest absolute Gasteiger partial charge is 0.481 e. The molecular weight excluding hydrogens is 581 g/mol. The number of rotatable bonds is 25. The number of hydrogen-bond donors (Lipinski definition) is 1. The molecule has 0 fully saturated rings. The van der Waals surface area contributed by atoms with Crippen LogP contribution >= 0.6 is 0 Å². The normalized spacial score (nSPS) is 15.1. The molecule has 0 spiro atoms. The van der Waals surface area contributed by atoms with E-state index in [1.165, 1.54) is 6.42 Å². The monoisotopic (exact) mass is 640 g/mol. The third kappa shape index (κ3) is 25.3. The van der Waals surface area contributed by atoms with Gasteiger partial charge in [-0.25, -0.2) is 0 Å². The summed E-state index contributed by atoms with van der Waals surface area (Å²) in [6.45, 7) is 21.8. The molecule has 0 bridgehead atoms. The second-order valence-corrected chi connectivity index (χ2v) is 28.8. The van der Waals surface area contributed by atoms with Crippen LogP contribution in [0.4, 0.5) is 0 Å². The number of aliphatic carboxylic acids is 1. The standard InChI is InChI=1S/C27H60O9Si4/c1-25(33-27(30)21-19-17-15-13-11-12-14-16-18-20-26(28)29)24-31-22-23-32-40(10,35-38(5,6)7)36-39(8,9)34-37(2,3)4/h25H,11-24H2,1-10H3,(H,28,29). The predicted molar refractivity (Wildman–Crippen MR) is 170 cm³/mol. The minimum absolute atomic E-state index is 0.183. The number of carboxylic acids is 1. The van der Waals surface area contributed by atoms with Crippen molar-refractivity contribution < 1.29 is 40.9 Å². The molecule has 0 aliphatic rings. The van der Waals surface area contributed by atoms with Crippen molar-refractivity contribution in [3.8, 4) is 0 Å². The smallest absolute Gasteiger partial charge is 0.478 e. The molecule has 1 N–H and O–H groups in total. The fraction of sp³-hybridized carbons (Fsp3) is 0.926. The van der Waals surface area contributed by atoms with Gasteiger partial charge in [0.15, 0.2) is 16.6 Å². The highest BCUT2D eigenvalue weighted by molar-refractivity contribution is 6.87. The second-order valence-electron chi connectivity index (χ2n) is 13.1. The van der Waals surface area contributed by atoms with E-state index in [-0.39, 0.29) is 18.5 Å². The summed E-state index contributed by atoms with van der Waals surface area (Å²) in [6, 6.07) is 0. The number of esters is 1. The maximum Gasteiger partial charge on any atom is 0.478 e. The molecule has 0 aromatic carbocycles. The molecule has 2 unspecified atom stereocenters. The zero-order valence-electron chi connectivity index (χ0n) is 27.2. The van der Waals surface area contributed by atoms with Gasteiger partial charge in [0.2, 0.25) is 0 Å². The molecular formula is C27H60O9Si4. The lowest BCUT2D eigenvalue weighted by atomic mass is 10.1. The van der Waals surface area contributed by atoms with E-state index in [0.717, 1.165) is 51.4 Å². The van der Waals surface area contributed by atoms with E-state index in [2.05, 4.69) is 52.4 Å². The van der Waals surface area contributed by atoms with Crippen molar-refractivity contribution in [2.75, 3.05) is 19.8 Å². The Labute approximate surface area is 248 Å². The first kappa shape index (κ1) is 39.6. The average Bonchev–Trinajstić information content (AvgIpc) is 2.73. The van der Waals surface area contributed by atoms with Crippen molar-refractivity contribution in [3.05, 3.63) is 0 Å². The van der Waals surface area contributed by atoms with Gasteiger partial charge >= 0.3 is 29.3 Å². The minimum Gasteiger partial charge on any atom is -0.481 e. The highest BCUT2D eigenvalue weighted by atomic mass is 28.5. The van der Waals surface area contributed by atoms with Crippen LogP contribution in [0.25, 0.3) is 0 Å². The quantitative estimate of drug-likeness (QED) is 0.0623. The summed E-state index contributed by atoms with van der Waals surface area (Å²) < 4.78 is 36.7. The molecule has 0 heterocycles. The molecule has 13 heteroatoms. The maximum absolute atomic E-state index is 12.1. The molecule has 0 aromatic heterocycles. The highest BCUT2D eigenvalue weighted by Crippen LogP contribution is 2.24. The summed E-state index contributed by atoms with van der Waals surface area (Å²) in [5, 5.41) is 8.64. The number of unbranched alkanes of at least 4 members (excludes halogenated alkanes) is 8. The van der Waals surface area contributed by atoms with Crippen LogP contribution in [0, 0.1) is 0 Å². The van der Waals surface area contributed by atoms with Gasteiger partial charge in [0, 0.05) is 19.4 Å². The van der Waals surface area contributed by atoms with Gasteiger partial charge in [-0.05, 0) is 72.1 Å². The van der Waals surface area contributed by atoms with E-state index in [4.69, 9.17) is 31.4 Å². The van der Waals surface area contributed by atoms with Crippen molar-refractivity contribution in [2.24, 2.45) is 0 Å². The number of carbonyl (C=O) groups is 2. The lowest BCUT2D eigenvalue weighted by Gasteiger charge is -2.40. The molecule has 238 valence electrons. The van der Waals surface area contributed by atoms with E-state index in [1.807, 2.05) is 13.5 Å². The molecule has 2 atom stereocenters. The summed E-state index contributed by atoms with van der Waals surface area (Å²) in [4.78, 5) is 22.6. The predicted octanol–water partition coefficient (Wildman–Crippen LogP) is 7.32. The Morgan fingerprint density at radius 1 is 0.650 bits per heavy atom. The fourth-order valence-corrected chi connectivity index (χ4v) is 20.4. The lowest BCUT2D eigenvalue weighted by molar-refractivity contribution is -0.151. The van der Waals surface area contributed by atoms with E-state index < -0.39 is 40.0 Å². The third-order valence-corrected chi connectivity index (χ3v) is 18.0. The SMILES string of the molecule is CC(COCCO[Si](C)(O[Si](C)(C)C)O[Si](C)(C)O[Si](C)(C)C)OC(=O)CCCCCCCCCCCC(=O)O. The third-order valence-electron chi connectivity index (χ3n) is 5.52. The summed E-state index contributed by atoms with van der Waals surface area (Å²) in [5.74, 6) is -0.893. The van der Waals surface area contributed by atoms with Crippen molar-refractivity contribution >= 4 is 45.9 Å². The lowest BCUT2D eigenvalue weighted by Crippen LogP contribution is -2.58. The Morgan fingerprint density at radius 2 is 1.12 bits per heavy atom. The Morgan fingerprint density at radius 3 is 1.60 bits per heavy atom. The molecule has 0 amide bonds. The Bertz CT molecular complexity index is 711. The van der Waals surface area contributed by atoms with Crippen LogP contribution in [0.15, 0.2) is 0 Å². The topological polar surface area (TPSA) is 110 Å². The summed E-state index contributed by atoms with van der Waals surface area (Å²) in [5.41, 5.74) is 0. The summed E-state index contributed by atoms with van der Waals surface area (Å²) in [6.07, 6.45) is 9.67. The van der Waals surface area contributed by atoms with Crippen molar-refractivity contribution in [2.45, 2.75) is 143 Å². The number of hydrogen-bond acceptors (Lipinski definition) is 8. The van der Waals surface area contributed by atoms with Gasteiger partial charge in [0.1, 0.15) is 6.10 Å². The Balaban J connectivity index is 4.14. The van der Waals surface area contributed by atoms with Crippen LogP contribution in [-0.2, 0) is 35.8 Å². The van der Waals surface area contributed by atoms with Gasteiger partial charge in [-0.15, -0.1) is 0 Å². The van der Waals surface area contributed by atoms with Gasteiger partial charge in [0.25, 0.3) is 0 Å². The van der Waals surface area contributed by atoms with E-state index in [1.54, 1.807) is 0 Å². The first-order valence-electron chi connectivity index (χ1n) is 15.1. The molecule has 40 heavy (non-hydrogen) atoms. The first-order valence-corrected chi connectivity index (χ1v) is 26.9. The van der Waals surface area contributed by atoms with Crippen LogP contribution in [0.5, 0.6) is 0 Å². The maximum atomic E-state index is 12.1. The summed E-state index contributed by atoms with van der Waals surface area (Å²) in [7, 11) is -9.03. The molecule has 9 nitrogen and oxygen atoms in total. The van der Waals surface area contributed by atoms with Gasteiger partial charge in [0.05, 0.1) is 19.8 Å². The zero-order chi connectivity index (χ0) is 30.9. The molecule has 0 radical (unpaired) electrons. The van der Waals surface area contributed by atoms with Crippen LogP contribution in [-0.4, -0.2) is 77.0 Å². The number of ether oxygens (including phenoxy) is 2. The zero-order valence-corrected chi connectivity index (χ0v) is 31.2. The highest BCUT2D eigenvalue weighted by Gasteiger charge is 2.46. The molecule has 0 aliphatic carbocycles. The molecule has 0 aromatic rings. The van der Waals surface area contributed by atoms with Crippen molar-refractivity contribution in [1.29, 1.82) is 0 Å². The van der Waals surface area contributed by atoms with Crippen LogP contribution < -0.4 is 0 Å². The average molecular weight is 641 g/mol. The van der Waals surface area contributed by atoms with Gasteiger partial charge in [-0.3, -0.25) is 9.59 Å².